The normalized spacial score (nSPS) is 11.7. The highest BCUT2D eigenvalue weighted by atomic mass is 79.9. The molecule has 0 atom stereocenters. The molecule has 1 aromatic heterocycles. The van der Waals surface area contributed by atoms with Crippen molar-refractivity contribution >= 4 is 21.6 Å². The third-order valence-electron chi connectivity index (χ3n) is 2.87. The number of aromatic nitrogens is 1. The molecule has 1 aromatic rings. The van der Waals surface area contributed by atoms with Gasteiger partial charge in [0.1, 0.15) is 0 Å². The van der Waals surface area contributed by atoms with Gasteiger partial charge in [0.15, 0.2) is 0 Å². The summed E-state index contributed by atoms with van der Waals surface area (Å²) in [7, 11) is 0. The zero-order chi connectivity index (χ0) is 15.5. The molecule has 0 aliphatic rings. The molecule has 1 rings (SSSR count). The standard InChI is InChI=1S/C13H20BrN3O3/c1-9-10(17(19)20)8-16(12(18)11(9)14)7-5-6-15-13(2,3)4/h8,15H,5-7H2,1-4H3. The van der Waals surface area contributed by atoms with Crippen LogP contribution in [0, 0.1) is 17.0 Å². The Morgan fingerprint density at radius 2 is 2.05 bits per heavy atom. The molecule has 0 amide bonds. The molecule has 20 heavy (non-hydrogen) atoms. The van der Waals surface area contributed by atoms with Crippen molar-refractivity contribution in [3.8, 4) is 0 Å². The number of nitrogens with one attached hydrogen (secondary N) is 1. The van der Waals surface area contributed by atoms with Crippen LogP contribution in [-0.2, 0) is 6.54 Å². The Labute approximate surface area is 126 Å². The van der Waals surface area contributed by atoms with E-state index in [2.05, 4.69) is 42.0 Å². The molecule has 0 spiro atoms. The highest BCUT2D eigenvalue weighted by Crippen LogP contribution is 2.22. The van der Waals surface area contributed by atoms with E-state index in [1.54, 1.807) is 6.92 Å². The first kappa shape index (κ1) is 16.8. The summed E-state index contributed by atoms with van der Waals surface area (Å²) >= 11 is 3.14. The molecule has 7 heteroatoms. The maximum atomic E-state index is 12.0. The summed E-state index contributed by atoms with van der Waals surface area (Å²) in [5.41, 5.74) is 0.110. The third-order valence-corrected chi connectivity index (χ3v) is 3.80. The summed E-state index contributed by atoms with van der Waals surface area (Å²) in [6.45, 7) is 8.94. The minimum atomic E-state index is -0.469. The van der Waals surface area contributed by atoms with Gasteiger partial charge in [-0.05, 0) is 56.6 Å². The summed E-state index contributed by atoms with van der Waals surface area (Å²) in [4.78, 5) is 22.5. The number of nitro groups is 1. The Bertz CT molecular complexity index is 561. The number of hydrogen-bond donors (Lipinski definition) is 1. The number of aryl methyl sites for hydroxylation is 1. The maximum absolute atomic E-state index is 12.0. The van der Waals surface area contributed by atoms with Crippen LogP contribution in [0.25, 0.3) is 0 Å². The van der Waals surface area contributed by atoms with Gasteiger partial charge in [0.05, 0.1) is 15.6 Å². The van der Waals surface area contributed by atoms with Crippen LogP contribution in [0.1, 0.15) is 32.8 Å². The molecule has 1 N–H and O–H groups in total. The zero-order valence-electron chi connectivity index (χ0n) is 12.2. The molecule has 6 nitrogen and oxygen atoms in total. The van der Waals surface area contributed by atoms with Crippen LogP contribution in [0.5, 0.6) is 0 Å². The Kier molecular flexibility index (Phi) is 5.47. The van der Waals surface area contributed by atoms with Gasteiger partial charge in [-0.25, -0.2) is 0 Å². The van der Waals surface area contributed by atoms with E-state index in [9.17, 15) is 14.9 Å². The fraction of sp³-hybridized carbons (Fsp3) is 0.615. The molecule has 0 aliphatic carbocycles. The van der Waals surface area contributed by atoms with E-state index in [0.717, 1.165) is 13.0 Å². The van der Waals surface area contributed by atoms with Crippen molar-refractivity contribution in [2.75, 3.05) is 6.54 Å². The first-order valence-electron chi connectivity index (χ1n) is 6.42. The van der Waals surface area contributed by atoms with E-state index in [-0.39, 0.29) is 21.3 Å². The number of rotatable bonds is 5. The molecule has 0 saturated carbocycles. The number of hydrogen-bond acceptors (Lipinski definition) is 4. The second-order valence-corrected chi connectivity index (χ2v) is 6.53. The van der Waals surface area contributed by atoms with Gasteiger partial charge >= 0.3 is 0 Å². The van der Waals surface area contributed by atoms with Gasteiger partial charge in [-0.2, -0.15) is 0 Å². The molecule has 0 aliphatic heterocycles. The topological polar surface area (TPSA) is 77.2 Å². The molecular formula is C13H20BrN3O3. The van der Waals surface area contributed by atoms with Gasteiger partial charge < -0.3 is 9.88 Å². The van der Waals surface area contributed by atoms with Crippen LogP contribution < -0.4 is 10.9 Å². The number of pyridine rings is 1. The summed E-state index contributed by atoms with van der Waals surface area (Å²) < 4.78 is 1.65. The van der Waals surface area contributed by atoms with Gasteiger partial charge in [-0.1, -0.05) is 0 Å². The van der Waals surface area contributed by atoms with E-state index >= 15 is 0 Å². The predicted octanol–water partition coefficient (Wildman–Crippen LogP) is 2.61. The number of nitrogens with zero attached hydrogens (tertiary/aromatic N) is 2. The Hall–Kier alpha value is -1.21. The average Bonchev–Trinajstić information content (AvgIpc) is 2.32. The van der Waals surface area contributed by atoms with Crippen LogP contribution in [0.15, 0.2) is 15.5 Å². The minimum Gasteiger partial charge on any atom is -0.312 e. The molecule has 0 fully saturated rings. The quantitative estimate of drug-likeness (QED) is 0.505. The van der Waals surface area contributed by atoms with Gasteiger partial charge in [0.25, 0.3) is 11.2 Å². The Morgan fingerprint density at radius 1 is 1.45 bits per heavy atom. The molecule has 0 radical (unpaired) electrons. The summed E-state index contributed by atoms with van der Waals surface area (Å²) in [5, 5.41) is 14.3. The maximum Gasteiger partial charge on any atom is 0.289 e. The molecule has 1 heterocycles. The van der Waals surface area contributed by atoms with Crippen molar-refractivity contribution < 1.29 is 4.92 Å². The first-order valence-corrected chi connectivity index (χ1v) is 7.22. The summed E-state index contributed by atoms with van der Waals surface area (Å²) in [6, 6.07) is 0. The van der Waals surface area contributed by atoms with E-state index in [0.29, 0.717) is 12.1 Å². The second kappa shape index (κ2) is 6.49. The van der Waals surface area contributed by atoms with Crippen molar-refractivity contribution in [2.24, 2.45) is 0 Å². The largest absolute Gasteiger partial charge is 0.312 e. The van der Waals surface area contributed by atoms with Gasteiger partial charge in [-0.3, -0.25) is 14.9 Å². The van der Waals surface area contributed by atoms with Gasteiger partial charge in [-0.15, -0.1) is 0 Å². The van der Waals surface area contributed by atoms with E-state index in [4.69, 9.17) is 0 Å². The number of halogens is 1. The lowest BCUT2D eigenvalue weighted by atomic mass is 10.1. The van der Waals surface area contributed by atoms with Crippen LogP contribution in [0.2, 0.25) is 0 Å². The smallest absolute Gasteiger partial charge is 0.289 e. The first-order chi connectivity index (χ1) is 9.13. The Morgan fingerprint density at radius 3 is 2.55 bits per heavy atom. The van der Waals surface area contributed by atoms with Crippen molar-refractivity contribution in [3.05, 3.63) is 36.7 Å². The zero-order valence-corrected chi connectivity index (χ0v) is 13.8. The lowest BCUT2D eigenvalue weighted by Crippen LogP contribution is -2.37. The monoisotopic (exact) mass is 345 g/mol. The van der Waals surface area contributed by atoms with Crippen molar-refractivity contribution in [1.82, 2.24) is 9.88 Å². The van der Waals surface area contributed by atoms with Crippen LogP contribution in [-0.4, -0.2) is 21.6 Å². The van der Waals surface area contributed by atoms with E-state index in [1.165, 1.54) is 10.8 Å². The Balaban J connectivity index is 2.86. The van der Waals surface area contributed by atoms with E-state index in [1.807, 2.05) is 0 Å². The SMILES string of the molecule is Cc1c([N+](=O)[O-])cn(CCCNC(C)(C)C)c(=O)c1Br. The fourth-order valence-corrected chi connectivity index (χ4v) is 2.20. The van der Waals surface area contributed by atoms with Gasteiger partial charge in [0.2, 0.25) is 0 Å². The highest BCUT2D eigenvalue weighted by Gasteiger charge is 2.18. The third kappa shape index (κ3) is 4.42. The highest BCUT2D eigenvalue weighted by molar-refractivity contribution is 9.10. The molecule has 0 saturated heterocycles. The van der Waals surface area contributed by atoms with Crippen LogP contribution >= 0.6 is 15.9 Å². The molecule has 0 bridgehead atoms. The van der Waals surface area contributed by atoms with Crippen LogP contribution in [0.4, 0.5) is 5.69 Å². The lowest BCUT2D eigenvalue weighted by Gasteiger charge is -2.20. The second-order valence-electron chi connectivity index (χ2n) is 5.74. The minimum absolute atomic E-state index is 0.0187. The molecule has 0 unspecified atom stereocenters. The van der Waals surface area contributed by atoms with E-state index < -0.39 is 4.92 Å². The summed E-state index contributed by atoms with van der Waals surface area (Å²) in [6.07, 6.45) is 2.04. The fourth-order valence-electron chi connectivity index (χ4n) is 1.76. The summed E-state index contributed by atoms with van der Waals surface area (Å²) in [5.74, 6) is 0. The van der Waals surface area contributed by atoms with Crippen molar-refractivity contribution in [1.29, 1.82) is 0 Å². The van der Waals surface area contributed by atoms with Gasteiger partial charge in [0, 0.05) is 17.6 Å². The molecular weight excluding hydrogens is 326 g/mol. The lowest BCUT2D eigenvalue weighted by molar-refractivity contribution is -0.386. The molecule has 0 aromatic carbocycles. The van der Waals surface area contributed by atoms with Crippen molar-refractivity contribution in [3.63, 3.8) is 0 Å². The van der Waals surface area contributed by atoms with Crippen LogP contribution in [0.3, 0.4) is 0 Å². The predicted molar refractivity (Wildman–Crippen MR) is 82.2 cm³/mol. The average molecular weight is 346 g/mol. The molecule has 112 valence electrons. The van der Waals surface area contributed by atoms with Crippen molar-refractivity contribution in [2.45, 2.75) is 46.2 Å².